The van der Waals surface area contributed by atoms with Crippen molar-refractivity contribution < 1.29 is 4.79 Å². The number of nitrogens with one attached hydrogen (secondary N) is 2. The highest BCUT2D eigenvalue weighted by atomic mass is 35.5. The van der Waals surface area contributed by atoms with Crippen molar-refractivity contribution in [1.82, 2.24) is 20.4 Å². The second-order valence-corrected chi connectivity index (χ2v) is 6.54. The fourth-order valence-corrected chi connectivity index (χ4v) is 3.31. The lowest BCUT2D eigenvalue weighted by molar-refractivity contribution is -0.125. The minimum atomic E-state index is -0.0826. The Morgan fingerprint density at radius 2 is 2.30 bits per heavy atom. The second kappa shape index (κ2) is 6.72. The molecule has 1 aromatic heterocycles. The van der Waals surface area contributed by atoms with Crippen molar-refractivity contribution in [3.8, 4) is 0 Å². The quantitative estimate of drug-likeness (QED) is 0.903. The molecule has 2 N–H and O–H groups in total. The molecule has 0 radical (unpaired) electrons. The van der Waals surface area contributed by atoms with Crippen molar-refractivity contribution >= 4 is 17.5 Å². The SMILES string of the molecule is CC(NC(=O)[C@H]1CNC[C@@H]1c1cnn(C)c1)c1cccc(Cl)c1. The normalized spacial score (nSPS) is 22.0. The standard InChI is InChI=1S/C17H21ClN4O/c1-11(12-4-3-5-14(18)6-12)21-17(23)16-9-19-8-15(16)13-7-20-22(2)10-13/h3-7,10-11,15-16,19H,8-9H2,1-2H3,(H,21,23)/t11?,15-,16+/m1/s1. The van der Waals surface area contributed by atoms with Crippen molar-refractivity contribution in [2.24, 2.45) is 13.0 Å². The molecule has 0 aliphatic carbocycles. The maximum absolute atomic E-state index is 12.7. The number of hydrogen-bond acceptors (Lipinski definition) is 3. The Balaban J connectivity index is 1.69. The number of hydrogen-bond donors (Lipinski definition) is 2. The average Bonchev–Trinajstić information content (AvgIpc) is 3.15. The predicted molar refractivity (Wildman–Crippen MR) is 90.3 cm³/mol. The Labute approximate surface area is 141 Å². The zero-order chi connectivity index (χ0) is 16.4. The van der Waals surface area contributed by atoms with Crippen LogP contribution in [0, 0.1) is 5.92 Å². The lowest BCUT2D eigenvalue weighted by Crippen LogP contribution is -2.35. The van der Waals surface area contributed by atoms with E-state index in [0.717, 1.165) is 17.7 Å². The number of rotatable bonds is 4. The van der Waals surface area contributed by atoms with Gasteiger partial charge in [-0.25, -0.2) is 0 Å². The number of benzene rings is 1. The Bertz CT molecular complexity index is 699. The van der Waals surface area contributed by atoms with Crippen molar-refractivity contribution in [2.45, 2.75) is 18.9 Å². The van der Waals surface area contributed by atoms with Gasteiger partial charge >= 0.3 is 0 Å². The Kier molecular flexibility index (Phi) is 4.68. The monoisotopic (exact) mass is 332 g/mol. The number of nitrogens with zero attached hydrogens (tertiary/aromatic N) is 2. The summed E-state index contributed by atoms with van der Waals surface area (Å²) in [6.07, 6.45) is 3.83. The van der Waals surface area contributed by atoms with Gasteiger partial charge in [0.05, 0.1) is 18.2 Å². The van der Waals surface area contributed by atoms with Crippen molar-refractivity contribution in [1.29, 1.82) is 0 Å². The minimum Gasteiger partial charge on any atom is -0.349 e. The van der Waals surface area contributed by atoms with Crippen LogP contribution in [-0.4, -0.2) is 28.8 Å². The Morgan fingerprint density at radius 3 is 3.00 bits per heavy atom. The van der Waals surface area contributed by atoms with Gasteiger partial charge in [0.1, 0.15) is 0 Å². The lowest BCUT2D eigenvalue weighted by atomic mass is 9.90. The molecule has 2 aromatic rings. The molecule has 1 fully saturated rings. The summed E-state index contributed by atoms with van der Waals surface area (Å²) < 4.78 is 1.78. The molecule has 3 atom stereocenters. The van der Waals surface area contributed by atoms with Crippen molar-refractivity contribution in [2.75, 3.05) is 13.1 Å². The van der Waals surface area contributed by atoms with Crippen LogP contribution in [0.4, 0.5) is 0 Å². The summed E-state index contributed by atoms with van der Waals surface area (Å²) in [6, 6.07) is 7.52. The molecule has 1 aromatic carbocycles. The van der Waals surface area contributed by atoms with E-state index in [9.17, 15) is 4.79 Å². The van der Waals surface area contributed by atoms with Gasteiger partial charge in [-0.15, -0.1) is 0 Å². The first-order valence-corrected chi connectivity index (χ1v) is 8.17. The van der Waals surface area contributed by atoms with Gasteiger partial charge in [-0.05, 0) is 30.2 Å². The van der Waals surface area contributed by atoms with E-state index in [0.29, 0.717) is 11.6 Å². The van der Waals surface area contributed by atoms with Crippen LogP contribution in [0.3, 0.4) is 0 Å². The third-order valence-corrected chi connectivity index (χ3v) is 4.65. The van der Waals surface area contributed by atoms with E-state index in [1.807, 2.05) is 50.6 Å². The summed E-state index contributed by atoms with van der Waals surface area (Å²) in [5.74, 6) is 0.146. The van der Waals surface area contributed by atoms with E-state index >= 15 is 0 Å². The molecule has 6 heteroatoms. The maximum atomic E-state index is 12.7. The van der Waals surface area contributed by atoms with E-state index < -0.39 is 0 Å². The summed E-state index contributed by atoms with van der Waals surface area (Å²) in [5.41, 5.74) is 2.11. The average molecular weight is 333 g/mol. The minimum absolute atomic E-state index is 0.0660. The summed E-state index contributed by atoms with van der Waals surface area (Å²) in [5, 5.41) is 11.3. The fourth-order valence-electron chi connectivity index (χ4n) is 3.12. The summed E-state index contributed by atoms with van der Waals surface area (Å²) in [6.45, 7) is 3.47. The highest BCUT2D eigenvalue weighted by Gasteiger charge is 2.35. The first kappa shape index (κ1) is 16.0. The first-order valence-electron chi connectivity index (χ1n) is 7.79. The molecule has 1 aliphatic rings. The van der Waals surface area contributed by atoms with Crippen LogP contribution in [0.5, 0.6) is 0 Å². The third-order valence-electron chi connectivity index (χ3n) is 4.41. The molecule has 1 aliphatic heterocycles. The van der Waals surface area contributed by atoms with Crippen LogP contribution >= 0.6 is 11.6 Å². The molecule has 2 heterocycles. The summed E-state index contributed by atoms with van der Waals surface area (Å²) in [4.78, 5) is 12.7. The number of carbonyl (C=O) groups is 1. The summed E-state index contributed by atoms with van der Waals surface area (Å²) in [7, 11) is 1.89. The second-order valence-electron chi connectivity index (χ2n) is 6.10. The molecular formula is C17H21ClN4O. The first-order chi connectivity index (χ1) is 11.0. The maximum Gasteiger partial charge on any atom is 0.225 e. The molecule has 23 heavy (non-hydrogen) atoms. The van der Waals surface area contributed by atoms with E-state index in [1.165, 1.54) is 0 Å². The zero-order valence-corrected chi connectivity index (χ0v) is 14.0. The van der Waals surface area contributed by atoms with Gasteiger partial charge in [-0.3, -0.25) is 9.48 Å². The van der Waals surface area contributed by atoms with Gasteiger partial charge in [0.15, 0.2) is 0 Å². The van der Waals surface area contributed by atoms with E-state index in [4.69, 9.17) is 11.6 Å². The zero-order valence-electron chi connectivity index (χ0n) is 13.3. The number of carbonyl (C=O) groups excluding carboxylic acids is 1. The van der Waals surface area contributed by atoms with Crippen LogP contribution < -0.4 is 10.6 Å². The molecule has 3 rings (SSSR count). The van der Waals surface area contributed by atoms with E-state index in [2.05, 4.69) is 15.7 Å². The van der Waals surface area contributed by atoms with Crippen LogP contribution in [0.2, 0.25) is 5.02 Å². The number of aryl methyl sites for hydroxylation is 1. The molecular weight excluding hydrogens is 312 g/mol. The topological polar surface area (TPSA) is 59.0 Å². The smallest absolute Gasteiger partial charge is 0.225 e. The highest BCUT2D eigenvalue weighted by molar-refractivity contribution is 6.30. The Morgan fingerprint density at radius 1 is 1.48 bits per heavy atom. The molecule has 5 nitrogen and oxygen atoms in total. The van der Waals surface area contributed by atoms with E-state index in [-0.39, 0.29) is 23.8 Å². The van der Waals surface area contributed by atoms with Crippen LogP contribution in [0.15, 0.2) is 36.7 Å². The molecule has 0 spiro atoms. The number of halogens is 1. The van der Waals surface area contributed by atoms with E-state index in [1.54, 1.807) is 4.68 Å². The largest absolute Gasteiger partial charge is 0.349 e. The van der Waals surface area contributed by atoms with Gasteiger partial charge in [-0.2, -0.15) is 5.10 Å². The third kappa shape index (κ3) is 3.57. The van der Waals surface area contributed by atoms with Crippen LogP contribution in [-0.2, 0) is 11.8 Å². The fraction of sp³-hybridized carbons (Fsp3) is 0.412. The number of aromatic nitrogens is 2. The number of amides is 1. The van der Waals surface area contributed by atoms with Gasteiger partial charge in [0.25, 0.3) is 0 Å². The molecule has 1 unspecified atom stereocenters. The van der Waals surface area contributed by atoms with Crippen molar-refractivity contribution in [3.63, 3.8) is 0 Å². The van der Waals surface area contributed by atoms with Gasteiger partial charge in [0, 0.05) is 37.3 Å². The molecule has 1 amide bonds. The molecule has 0 saturated carbocycles. The van der Waals surface area contributed by atoms with Crippen LogP contribution in [0.25, 0.3) is 0 Å². The van der Waals surface area contributed by atoms with Gasteiger partial charge < -0.3 is 10.6 Å². The lowest BCUT2D eigenvalue weighted by Gasteiger charge is -2.21. The van der Waals surface area contributed by atoms with Crippen LogP contribution in [0.1, 0.15) is 30.0 Å². The summed E-state index contributed by atoms with van der Waals surface area (Å²) >= 11 is 6.03. The highest BCUT2D eigenvalue weighted by Crippen LogP contribution is 2.28. The predicted octanol–water partition coefficient (Wildman–Crippen LogP) is 2.25. The molecule has 122 valence electrons. The Hall–Kier alpha value is -1.85. The molecule has 0 bridgehead atoms. The van der Waals surface area contributed by atoms with Crippen molar-refractivity contribution in [3.05, 3.63) is 52.8 Å². The molecule has 1 saturated heterocycles. The van der Waals surface area contributed by atoms with Gasteiger partial charge in [0.2, 0.25) is 5.91 Å². The van der Waals surface area contributed by atoms with Gasteiger partial charge in [-0.1, -0.05) is 23.7 Å².